The molecule has 16 heavy (non-hydrogen) atoms. The number of nitrogens with one attached hydrogen (secondary N) is 1. The topological polar surface area (TPSA) is 24.9 Å². The Labute approximate surface area is 111 Å². The van der Waals surface area contributed by atoms with Crippen molar-refractivity contribution < 1.29 is 0 Å². The van der Waals surface area contributed by atoms with E-state index in [0.29, 0.717) is 0 Å². The molecule has 2 aromatic heterocycles. The summed E-state index contributed by atoms with van der Waals surface area (Å²) < 4.78 is 0.911. The Balaban J connectivity index is 1.66. The van der Waals surface area contributed by atoms with Crippen molar-refractivity contribution in [1.29, 1.82) is 0 Å². The first-order valence-electron chi connectivity index (χ1n) is 5.26. The lowest BCUT2D eigenvalue weighted by atomic mass is 10.2. The van der Waals surface area contributed by atoms with Gasteiger partial charge in [-0.1, -0.05) is 0 Å². The molecule has 5 heteroatoms. The average molecular weight is 315 g/mol. The largest absolute Gasteiger partial charge is 0.357 e. The fraction of sp³-hybridized carbons (Fsp3) is 0.364. The van der Waals surface area contributed by atoms with Gasteiger partial charge in [0.1, 0.15) is 4.60 Å². The van der Waals surface area contributed by atoms with Gasteiger partial charge in [-0.3, -0.25) is 0 Å². The molecule has 2 heterocycles. The molecule has 1 aliphatic rings. The van der Waals surface area contributed by atoms with Gasteiger partial charge >= 0.3 is 0 Å². The quantitative estimate of drug-likeness (QED) is 0.923. The minimum atomic E-state index is 0.900. The second-order valence-corrected chi connectivity index (χ2v) is 6.74. The molecule has 1 N–H and O–H groups in total. The number of nitrogens with zero attached hydrogens (tertiary/aromatic N) is 1. The number of aromatic nitrogens is 1. The second-order valence-electron chi connectivity index (χ2n) is 3.84. The van der Waals surface area contributed by atoms with Crippen molar-refractivity contribution in [2.45, 2.75) is 25.8 Å². The number of halogens is 1. The summed E-state index contributed by atoms with van der Waals surface area (Å²) in [6.07, 6.45) is 3.89. The van der Waals surface area contributed by atoms with E-state index in [-0.39, 0.29) is 0 Å². The second kappa shape index (κ2) is 4.47. The minimum Gasteiger partial charge on any atom is -0.357 e. The lowest BCUT2D eigenvalue weighted by molar-refractivity contribution is 0.913. The maximum absolute atomic E-state index is 4.32. The third-order valence-corrected chi connectivity index (χ3v) is 5.43. The molecule has 0 aromatic carbocycles. The highest BCUT2D eigenvalue weighted by Gasteiger charge is 2.14. The number of thiazole rings is 1. The maximum atomic E-state index is 4.32. The van der Waals surface area contributed by atoms with Gasteiger partial charge in [-0.2, -0.15) is 0 Å². The van der Waals surface area contributed by atoms with Crippen LogP contribution in [-0.4, -0.2) is 4.98 Å². The van der Waals surface area contributed by atoms with Crippen molar-refractivity contribution in [2.24, 2.45) is 0 Å². The molecule has 84 valence electrons. The fourth-order valence-electron chi connectivity index (χ4n) is 1.98. The summed E-state index contributed by atoms with van der Waals surface area (Å²) in [5.41, 5.74) is 1.57. The van der Waals surface area contributed by atoms with E-state index in [2.05, 4.69) is 32.3 Å². The molecule has 0 spiro atoms. The van der Waals surface area contributed by atoms with Crippen LogP contribution in [0, 0.1) is 0 Å². The molecule has 0 radical (unpaired) electrons. The molecule has 0 aliphatic heterocycles. The standard InChI is InChI=1S/C11H11BrN2S2/c12-10-6-15-11(14-10)13-5-8-4-7-2-1-3-9(7)16-8/h4,6H,1-3,5H2,(H,13,14). The van der Waals surface area contributed by atoms with E-state index in [1.807, 2.05) is 16.7 Å². The van der Waals surface area contributed by atoms with Crippen LogP contribution < -0.4 is 5.32 Å². The lowest BCUT2D eigenvalue weighted by Gasteiger charge is -1.99. The minimum absolute atomic E-state index is 0.900. The molecule has 0 unspecified atom stereocenters. The molecule has 0 fully saturated rings. The highest BCUT2D eigenvalue weighted by Crippen LogP contribution is 2.31. The Kier molecular flexibility index (Phi) is 3.00. The summed E-state index contributed by atoms with van der Waals surface area (Å²) in [7, 11) is 0. The van der Waals surface area contributed by atoms with Gasteiger partial charge in [0.2, 0.25) is 0 Å². The van der Waals surface area contributed by atoms with E-state index in [4.69, 9.17) is 0 Å². The van der Waals surface area contributed by atoms with Gasteiger partial charge in [-0.05, 0) is 46.8 Å². The van der Waals surface area contributed by atoms with Gasteiger partial charge in [0.05, 0.1) is 6.54 Å². The van der Waals surface area contributed by atoms with Crippen LogP contribution in [0.15, 0.2) is 16.0 Å². The van der Waals surface area contributed by atoms with E-state index in [1.165, 1.54) is 24.1 Å². The Morgan fingerprint density at radius 3 is 3.12 bits per heavy atom. The molecule has 0 saturated carbocycles. The third-order valence-electron chi connectivity index (χ3n) is 2.69. The van der Waals surface area contributed by atoms with Gasteiger partial charge in [0.25, 0.3) is 0 Å². The number of aryl methyl sites for hydroxylation is 2. The van der Waals surface area contributed by atoms with Crippen molar-refractivity contribution in [3.05, 3.63) is 31.4 Å². The summed E-state index contributed by atoms with van der Waals surface area (Å²) in [6, 6.07) is 2.35. The van der Waals surface area contributed by atoms with E-state index < -0.39 is 0 Å². The van der Waals surface area contributed by atoms with Gasteiger partial charge in [-0.15, -0.1) is 22.7 Å². The lowest BCUT2D eigenvalue weighted by Crippen LogP contribution is -1.96. The van der Waals surface area contributed by atoms with Crippen LogP contribution in [0.1, 0.15) is 21.7 Å². The number of fused-ring (bicyclic) bond motifs is 1. The molecule has 1 aliphatic carbocycles. The highest BCUT2D eigenvalue weighted by molar-refractivity contribution is 9.10. The molecule has 0 atom stereocenters. The van der Waals surface area contributed by atoms with Crippen LogP contribution in [0.25, 0.3) is 0 Å². The van der Waals surface area contributed by atoms with E-state index in [0.717, 1.165) is 16.3 Å². The van der Waals surface area contributed by atoms with Crippen LogP contribution in [-0.2, 0) is 19.4 Å². The SMILES string of the molecule is Brc1csc(NCc2cc3c(s2)CCC3)n1. The van der Waals surface area contributed by atoms with Crippen molar-refractivity contribution in [2.75, 3.05) is 5.32 Å². The third kappa shape index (κ3) is 2.17. The average Bonchev–Trinajstić information content (AvgIpc) is 2.89. The predicted molar refractivity (Wildman–Crippen MR) is 73.5 cm³/mol. The Hall–Kier alpha value is -0.390. The summed E-state index contributed by atoms with van der Waals surface area (Å²) in [4.78, 5) is 7.34. The summed E-state index contributed by atoms with van der Waals surface area (Å²) in [5.74, 6) is 0. The maximum Gasteiger partial charge on any atom is 0.184 e. The molecule has 3 rings (SSSR count). The molecule has 0 bridgehead atoms. The zero-order valence-corrected chi connectivity index (χ0v) is 11.8. The van der Waals surface area contributed by atoms with Gasteiger partial charge in [-0.25, -0.2) is 4.98 Å². The van der Waals surface area contributed by atoms with Crippen molar-refractivity contribution in [3.8, 4) is 0 Å². The predicted octanol–water partition coefficient (Wildman–Crippen LogP) is 4.07. The van der Waals surface area contributed by atoms with Crippen LogP contribution in [0.4, 0.5) is 5.13 Å². The fourth-order valence-corrected chi connectivity index (χ4v) is 4.32. The number of hydrogen-bond acceptors (Lipinski definition) is 4. The Bertz CT molecular complexity index is 482. The highest BCUT2D eigenvalue weighted by atomic mass is 79.9. The molecule has 0 saturated heterocycles. The first-order valence-corrected chi connectivity index (χ1v) is 7.75. The summed E-state index contributed by atoms with van der Waals surface area (Å²) in [6.45, 7) is 0.900. The van der Waals surface area contributed by atoms with E-state index in [9.17, 15) is 0 Å². The number of hydrogen-bond donors (Lipinski definition) is 1. The number of thiophene rings is 1. The van der Waals surface area contributed by atoms with Crippen molar-refractivity contribution >= 4 is 43.7 Å². The molecular weight excluding hydrogens is 304 g/mol. The Morgan fingerprint density at radius 2 is 2.38 bits per heavy atom. The zero-order valence-electron chi connectivity index (χ0n) is 8.62. The number of rotatable bonds is 3. The zero-order chi connectivity index (χ0) is 11.0. The van der Waals surface area contributed by atoms with Gasteiger partial charge in [0, 0.05) is 15.1 Å². The van der Waals surface area contributed by atoms with Crippen LogP contribution in [0.2, 0.25) is 0 Å². The molecule has 0 amide bonds. The first-order chi connectivity index (χ1) is 7.81. The van der Waals surface area contributed by atoms with Gasteiger partial charge < -0.3 is 5.32 Å². The normalized spacial score (nSPS) is 14.1. The van der Waals surface area contributed by atoms with Crippen molar-refractivity contribution in [1.82, 2.24) is 4.98 Å². The number of anilines is 1. The van der Waals surface area contributed by atoms with E-state index >= 15 is 0 Å². The van der Waals surface area contributed by atoms with Crippen LogP contribution in [0.3, 0.4) is 0 Å². The van der Waals surface area contributed by atoms with E-state index in [1.54, 1.807) is 21.8 Å². The summed E-state index contributed by atoms with van der Waals surface area (Å²) >= 11 is 6.94. The van der Waals surface area contributed by atoms with Crippen LogP contribution >= 0.6 is 38.6 Å². The molecule has 2 aromatic rings. The Morgan fingerprint density at radius 1 is 1.44 bits per heavy atom. The monoisotopic (exact) mass is 314 g/mol. The smallest absolute Gasteiger partial charge is 0.184 e. The molecule has 2 nitrogen and oxygen atoms in total. The molecular formula is C11H11BrN2S2. The van der Waals surface area contributed by atoms with Crippen molar-refractivity contribution in [3.63, 3.8) is 0 Å². The summed E-state index contributed by atoms with van der Waals surface area (Å²) in [5, 5.41) is 6.34. The first kappa shape index (κ1) is 10.7. The van der Waals surface area contributed by atoms with Gasteiger partial charge in [0.15, 0.2) is 5.13 Å². The van der Waals surface area contributed by atoms with Crippen LogP contribution in [0.5, 0.6) is 0 Å².